The Morgan fingerprint density at radius 2 is 2.04 bits per heavy atom. The van der Waals surface area contributed by atoms with Crippen molar-refractivity contribution in [3.05, 3.63) is 65.6 Å². The maximum atomic E-state index is 13.9. The van der Waals surface area contributed by atoms with E-state index in [-0.39, 0.29) is 11.7 Å². The summed E-state index contributed by atoms with van der Waals surface area (Å²) in [6.45, 7) is 2.94. The summed E-state index contributed by atoms with van der Waals surface area (Å²) in [4.78, 5) is 17.6. The van der Waals surface area contributed by atoms with Crippen LogP contribution in [0.1, 0.15) is 30.9 Å². The molecule has 0 radical (unpaired) electrons. The van der Waals surface area contributed by atoms with Gasteiger partial charge in [-0.25, -0.2) is 4.39 Å². The summed E-state index contributed by atoms with van der Waals surface area (Å²) in [5.74, 6) is -0.0988. The van der Waals surface area contributed by atoms with Crippen LogP contribution in [0.5, 0.6) is 5.75 Å². The minimum atomic E-state index is -0.405. The second kappa shape index (κ2) is 8.71. The molecule has 0 saturated carbocycles. The van der Waals surface area contributed by atoms with Gasteiger partial charge >= 0.3 is 0 Å². The number of nitrogens with zero attached hydrogens (tertiary/aromatic N) is 1. The predicted octanol–water partition coefficient (Wildman–Crippen LogP) is 4.69. The van der Waals surface area contributed by atoms with E-state index in [4.69, 9.17) is 4.74 Å². The number of halogens is 1. The molecule has 0 fully saturated rings. The molecule has 1 heterocycles. The lowest BCUT2D eigenvalue weighted by molar-refractivity contribution is -0.131. The highest BCUT2D eigenvalue weighted by atomic mass is 19.1. The number of carbonyl (C=O) groups excluding carboxylic acids is 1. The number of nitrogens with one attached hydrogen (secondary N) is 1. The highest BCUT2D eigenvalue weighted by Gasteiger charge is 2.14. The van der Waals surface area contributed by atoms with E-state index >= 15 is 0 Å². The first kappa shape index (κ1) is 19.0. The molecule has 0 aliphatic rings. The summed E-state index contributed by atoms with van der Waals surface area (Å²) in [5, 5.41) is 1.21. The first-order chi connectivity index (χ1) is 13.1. The number of para-hydroxylation sites is 1. The van der Waals surface area contributed by atoms with Crippen molar-refractivity contribution in [2.24, 2.45) is 0 Å². The van der Waals surface area contributed by atoms with Crippen LogP contribution < -0.4 is 4.74 Å². The first-order valence-electron chi connectivity index (χ1n) is 9.27. The van der Waals surface area contributed by atoms with Crippen molar-refractivity contribution >= 4 is 16.8 Å². The summed E-state index contributed by atoms with van der Waals surface area (Å²) >= 11 is 0. The third-order valence-electron chi connectivity index (χ3n) is 4.84. The molecule has 2 aromatic carbocycles. The van der Waals surface area contributed by atoms with Gasteiger partial charge in [0.1, 0.15) is 0 Å². The van der Waals surface area contributed by atoms with E-state index < -0.39 is 5.82 Å². The number of ether oxygens (including phenoxy) is 1. The zero-order valence-electron chi connectivity index (χ0n) is 15.8. The van der Waals surface area contributed by atoms with E-state index in [0.717, 1.165) is 23.9 Å². The summed E-state index contributed by atoms with van der Waals surface area (Å²) in [6.07, 6.45) is 4.14. The topological polar surface area (TPSA) is 45.3 Å². The Morgan fingerprint density at radius 1 is 1.22 bits per heavy atom. The van der Waals surface area contributed by atoms with Crippen LogP contribution in [0.2, 0.25) is 0 Å². The van der Waals surface area contributed by atoms with Crippen molar-refractivity contribution in [1.82, 2.24) is 9.88 Å². The molecule has 1 N–H and O–H groups in total. The molecule has 0 atom stereocenters. The van der Waals surface area contributed by atoms with Crippen molar-refractivity contribution in [3.8, 4) is 5.75 Å². The maximum Gasteiger partial charge on any atom is 0.222 e. The van der Waals surface area contributed by atoms with Gasteiger partial charge in [-0.3, -0.25) is 4.79 Å². The average molecular weight is 368 g/mol. The molecule has 5 heteroatoms. The van der Waals surface area contributed by atoms with Crippen molar-refractivity contribution in [3.63, 3.8) is 0 Å². The minimum absolute atomic E-state index is 0.0913. The van der Waals surface area contributed by atoms with Crippen LogP contribution in [0.25, 0.3) is 10.9 Å². The second-order valence-electron chi connectivity index (χ2n) is 6.59. The molecular weight excluding hydrogens is 343 g/mol. The zero-order chi connectivity index (χ0) is 19.2. The summed E-state index contributed by atoms with van der Waals surface area (Å²) in [6, 6.07) is 13.0. The number of aryl methyl sites for hydroxylation is 1. The third kappa shape index (κ3) is 4.48. The first-order valence-corrected chi connectivity index (χ1v) is 9.27. The molecular formula is C22H25FN2O2. The molecule has 27 heavy (non-hydrogen) atoms. The second-order valence-corrected chi connectivity index (χ2v) is 6.59. The Kier molecular flexibility index (Phi) is 6.12. The molecule has 1 aromatic heterocycles. The molecule has 4 nitrogen and oxygen atoms in total. The largest absolute Gasteiger partial charge is 0.494 e. The number of hydrogen-bond acceptors (Lipinski definition) is 2. The standard InChI is InChI=1S/C22H25FN2O2/c1-3-25(15-16-11-12-21(27-2)19(23)13-16)22(26)10-6-7-17-14-24-20-9-5-4-8-18(17)20/h4-5,8-9,11-14,24H,3,6-7,10,15H2,1-2H3. The fourth-order valence-electron chi connectivity index (χ4n) is 3.33. The van der Waals surface area contributed by atoms with Gasteiger partial charge < -0.3 is 14.6 Å². The number of fused-ring (bicyclic) bond motifs is 1. The number of hydrogen-bond donors (Lipinski definition) is 1. The van der Waals surface area contributed by atoms with Gasteiger partial charge in [-0.1, -0.05) is 24.3 Å². The van der Waals surface area contributed by atoms with E-state index in [2.05, 4.69) is 17.1 Å². The highest BCUT2D eigenvalue weighted by Crippen LogP contribution is 2.21. The summed E-state index contributed by atoms with van der Waals surface area (Å²) in [7, 11) is 1.44. The molecule has 1 amide bonds. The van der Waals surface area contributed by atoms with Gasteiger partial charge in [0, 0.05) is 36.6 Å². The van der Waals surface area contributed by atoms with E-state index in [9.17, 15) is 9.18 Å². The number of H-pyrrole nitrogens is 1. The Hall–Kier alpha value is -2.82. The van der Waals surface area contributed by atoms with Crippen LogP contribution in [-0.4, -0.2) is 29.4 Å². The molecule has 0 unspecified atom stereocenters. The van der Waals surface area contributed by atoms with Crippen molar-refractivity contribution in [1.29, 1.82) is 0 Å². The van der Waals surface area contributed by atoms with Gasteiger partial charge in [0.15, 0.2) is 11.6 Å². The fraction of sp³-hybridized carbons (Fsp3) is 0.318. The number of aromatic nitrogens is 1. The predicted molar refractivity (Wildman–Crippen MR) is 105 cm³/mol. The van der Waals surface area contributed by atoms with Gasteiger partial charge in [-0.15, -0.1) is 0 Å². The third-order valence-corrected chi connectivity index (χ3v) is 4.84. The lowest BCUT2D eigenvalue weighted by Gasteiger charge is -2.21. The number of amides is 1. The molecule has 0 aliphatic heterocycles. The Bertz CT molecular complexity index is 920. The lowest BCUT2D eigenvalue weighted by Crippen LogP contribution is -2.30. The zero-order valence-corrected chi connectivity index (χ0v) is 15.8. The van der Waals surface area contributed by atoms with Crippen molar-refractivity contribution in [2.75, 3.05) is 13.7 Å². The molecule has 0 saturated heterocycles. The molecule has 3 aromatic rings. The molecule has 3 rings (SSSR count). The molecule has 0 aliphatic carbocycles. The van der Waals surface area contributed by atoms with E-state index in [1.54, 1.807) is 17.0 Å². The van der Waals surface area contributed by atoms with Crippen molar-refractivity contribution < 1.29 is 13.9 Å². The maximum absolute atomic E-state index is 13.9. The molecule has 0 spiro atoms. The van der Waals surface area contributed by atoms with Crippen LogP contribution >= 0.6 is 0 Å². The SMILES string of the molecule is CCN(Cc1ccc(OC)c(F)c1)C(=O)CCCc1c[nH]c2ccccc12. The highest BCUT2D eigenvalue weighted by molar-refractivity contribution is 5.83. The van der Waals surface area contributed by atoms with Crippen LogP contribution in [0, 0.1) is 5.82 Å². The monoisotopic (exact) mass is 368 g/mol. The van der Waals surface area contributed by atoms with Crippen LogP contribution in [0.15, 0.2) is 48.7 Å². The normalized spacial score (nSPS) is 10.9. The Labute approximate surface area is 158 Å². The smallest absolute Gasteiger partial charge is 0.222 e. The number of benzene rings is 2. The van der Waals surface area contributed by atoms with Crippen LogP contribution in [-0.2, 0) is 17.8 Å². The average Bonchev–Trinajstić information content (AvgIpc) is 3.09. The Morgan fingerprint density at radius 3 is 2.78 bits per heavy atom. The Balaban J connectivity index is 1.56. The van der Waals surface area contributed by atoms with Gasteiger partial charge in [-0.2, -0.15) is 0 Å². The quantitative estimate of drug-likeness (QED) is 0.627. The lowest BCUT2D eigenvalue weighted by atomic mass is 10.1. The summed E-state index contributed by atoms with van der Waals surface area (Å²) < 4.78 is 18.8. The number of rotatable bonds is 8. The molecule has 142 valence electrons. The van der Waals surface area contributed by atoms with E-state index in [1.807, 2.05) is 25.3 Å². The van der Waals surface area contributed by atoms with Gasteiger partial charge in [0.05, 0.1) is 7.11 Å². The fourth-order valence-corrected chi connectivity index (χ4v) is 3.33. The minimum Gasteiger partial charge on any atom is -0.494 e. The summed E-state index contributed by atoms with van der Waals surface area (Å²) in [5.41, 5.74) is 3.12. The molecule has 0 bridgehead atoms. The van der Waals surface area contributed by atoms with Crippen LogP contribution in [0.4, 0.5) is 4.39 Å². The van der Waals surface area contributed by atoms with Gasteiger partial charge in [0.2, 0.25) is 5.91 Å². The van der Waals surface area contributed by atoms with E-state index in [0.29, 0.717) is 19.5 Å². The van der Waals surface area contributed by atoms with Crippen molar-refractivity contribution in [2.45, 2.75) is 32.7 Å². The van der Waals surface area contributed by atoms with E-state index in [1.165, 1.54) is 24.1 Å². The van der Waals surface area contributed by atoms with Gasteiger partial charge in [0.25, 0.3) is 0 Å². The number of aromatic amines is 1. The number of methoxy groups -OCH3 is 1. The number of carbonyl (C=O) groups is 1. The van der Waals surface area contributed by atoms with Gasteiger partial charge in [-0.05, 0) is 49.1 Å². The van der Waals surface area contributed by atoms with Crippen LogP contribution in [0.3, 0.4) is 0 Å².